The van der Waals surface area contributed by atoms with Crippen LogP contribution in [0.2, 0.25) is 5.02 Å². The van der Waals surface area contributed by atoms with Crippen molar-refractivity contribution >= 4 is 17.4 Å². The lowest BCUT2D eigenvalue weighted by Crippen LogP contribution is -1.94. The lowest BCUT2D eigenvalue weighted by atomic mass is 9.97. The van der Waals surface area contributed by atoms with Crippen LogP contribution in [-0.4, -0.2) is 5.16 Å². The first-order chi connectivity index (χ1) is 8.13. The summed E-state index contributed by atoms with van der Waals surface area (Å²) in [6, 6.07) is 7.55. The van der Waals surface area contributed by atoms with E-state index in [0.717, 1.165) is 23.3 Å². The molecule has 0 saturated carbocycles. The molecule has 0 saturated heterocycles. The number of nitrogens with two attached hydrogens (primary N) is 1. The predicted octanol–water partition coefficient (Wildman–Crippen LogP) is 4.09. The van der Waals surface area contributed by atoms with Gasteiger partial charge in [-0.1, -0.05) is 42.7 Å². The number of hydrogen-bond acceptors (Lipinski definition) is 3. The highest BCUT2D eigenvalue weighted by atomic mass is 35.5. The van der Waals surface area contributed by atoms with E-state index < -0.39 is 0 Å². The van der Waals surface area contributed by atoms with Gasteiger partial charge < -0.3 is 10.3 Å². The lowest BCUT2D eigenvalue weighted by molar-refractivity contribution is 0.366. The summed E-state index contributed by atoms with van der Waals surface area (Å²) in [7, 11) is 0. The highest BCUT2D eigenvalue weighted by Crippen LogP contribution is 2.36. The van der Waals surface area contributed by atoms with Gasteiger partial charge in [-0.25, -0.2) is 0 Å². The number of nitrogen functional groups attached to an aromatic ring is 1. The number of anilines is 1. The summed E-state index contributed by atoms with van der Waals surface area (Å²) < 4.78 is 5.32. The van der Waals surface area contributed by atoms with Crippen molar-refractivity contribution in [3.8, 4) is 11.1 Å². The van der Waals surface area contributed by atoms with Crippen molar-refractivity contribution in [1.82, 2.24) is 5.16 Å². The lowest BCUT2D eigenvalue weighted by Gasteiger charge is -2.07. The van der Waals surface area contributed by atoms with Crippen LogP contribution in [0, 0.1) is 0 Å². The van der Waals surface area contributed by atoms with E-state index in [1.807, 2.05) is 24.3 Å². The minimum Gasteiger partial charge on any atom is -0.380 e. The molecular weight excluding hydrogens is 236 g/mol. The molecule has 1 atom stereocenters. The molecule has 0 aliphatic carbocycles. The van der Waals surface area contributed by atoms with E-state index in [1.54, 1.807) is 0 Å². The van der Waals surface area contributed by atoms with Gasteiger partial charge in [-0.3, -0.25) is 0 Å². The number of halogens is 1. The Labute approximate surface area is 106 Å². The van der Waals surface area contributed by atoms with Gasteiger partial charge in [-0.05, 0) is 24.1 Å². The normalized spacial score (nSPS) is 12.6. The quantitative estimate of drug-likeness (QED) is 0.893. The standard InChI is InChI=1S/C13H15ClN2O/c1-3-8(2)12-11(13(15)16-17-12)9-5-4-6-10(14)7-9/h4-8H,3H2,1-2H3,(H2,15,16). The van der Waals surface area contributed by atoms with Gasteiger partial charge in [0.1, 0.15) is 5.76 Å². The van der Waals surface area contributed by atoms with Crippen LogP contribution >= 0.6 is 11.6 Å². The highest BCUT2D eigenvalue weighted by molar-refractivity contribution is 6.30. The molecule has 0 aliphatic rings. The molecule has 1 aromatic heterocycles. The van der Waals surface area contributed by atoms with Gasteiger partial charge in [0.05, 0.1) is 5.56 Å². The molecule has 0 amide bonds. The number of benzene rings is 1. The summed E-state index contributed by atoms with van der Waals surface area (Å²) in [5.74, 6) is 1.53. The van der Waals surface area contributed by atoms with E-state index in [9.17, 15) is 0 Å². The smallest absolute Gasteiger partial charge is 0.175 e. The zero-order chi connectivity index (χ0) is 12.4. The Balaban J connectivity index is 2.54. The summed E-state index contributed by atoms with van der Waals surface area (Å²) in [5, 5.41) is 4.53. The Bertz CT molecular complexity index is 522. The Morgan fingerprint density at radius 3 is 2.88 bits per heavy atom. The molecule has 17 heavy (non-hydrogen) atoms. The molecule has 3 nitrogen and oxygen atoms in total. The molecule has 2 rings (SSSR count). The molecule has 90 valence electrons. The number of aromatic nitrogens is 1. The molecule has 0 bridgehead atoms. The third kappa shape index (κ3) is 2.29. The second kappa shape index (κ2) is 4.80. The Morgan fingerprint density at radius 2 is 2.24 bits per heavy atom. The zero-order valence-corrected chi connectivity index (χ0v) is 10.7. The SMILES string of the molecule is CCC(C)c1onc(N)c1-c1cccc(Cl)c1. The molecule has 0 spiro atoms. The van der Waals surface area contributed by atoms with Gasteiger partial charge in [0, 0.05) is 10.9 Å². The van der Waals surface area contributed by atoms with E-state index in [4.69, 9.17) is 21.9 Å². The van der Waals surface area contributed by atoms with E-state index in [0.29, 0.717) is 10.8 Å². The molecule has 0 radical (unpaired) electrons. The first-order valence-electron chi connectivity index (χ1n) is 5.64. The second-order valence-electron chi connectivity index (χ2n) is 4.13. The summed E-state index contributed by atoms with van der Waals surface area (Å²) >= 11 is 5.99. The van der Waals surface area contributed by atoms with Crippen LogP contribution in [0.5, 0.6) is 0 Å². The number of nitrogens with zero attached hydrogens (tertiary/aromatic N) is 1. The van der Waals surface area contributed by atoms with Crippen molar-refractivity contribution in [3.05, 3.63) is 35.0 Å². The largest absolute Gasteiger partial charge is 0.380 e. The Morgan fingerprint density at radius 1 is 1.47 bits per heavy atom. The van der Waals surface area contributed by atoms with Crippen molar-refractivity contribution < 1.29 is 4.52 Å². The molecule has 0 aliphatic heterocycles. The first kappa shape index (κ1) is 12.0. The molecule has 1 unspecified atom stereocenters. The topological polar surface area (TPSA) is 52.0 Å². The fourth-order valence-electron chi connectivity index (χ4n) is 1.77. The van der Waals surface area contributed by atoms with Crippen molar-refractivity contribution in [3.63, 3.8) is 0 Å². The molecule has 2 aromatic rings. The average Bonchev–Trinajstić information content (AvgIpc) is 2.70. The van der Waals surface area contributed by atoms with Crippen molar-refractivity contribution in [1.29, 1.82) is 0 Å². The maximum atomic E-state index is 5.99. The second-order valence-corrected chi connectivity index (χ2v) is 4.56. The third-order valence-corrected chi connectivity index (χ3v) is 3.15. The summed E-state index contributed by atoms with van der Waals surface area (Å²) in [5.41, 5.74) is 7.68. The van der Waals surface area contributed by atoms with Gasteiger partial charge in [0.2, 0.25) is 0 Å². The van der Waals surface area contributed by atoms with E-state index >= 15 is 0 Å². The van der Waals surface area contributed by atoms with Crippen molar-refractivity contribution in [2.45, 2.75) is 26.2 Å². The minimum atomic E-state index is 0.286. The van der Waals surface area contributed by atoms with Gasteiger partial charge in [0.25, 0.3) is 0 Å². The van der Waals surface area contributed by atoms with Crippen LogP contribution in [0.15, 0.2) is 28.8 Å². The monoisotopic (exact) mass is 250 g/mol. The maximum absolute atomic E-state index is 5.99. The van der Waals surface area contributed by atoms with Crippen LogP contribution in [0.3, 0.4) is 0 Å². The number of hydrogen-bond donors (Lipinski definition) is 1. The predicted molar refractivity (Wildman–Crippen MR) is 70.1 cm³/mol. The molecule has 1 aromatic carbocycles. The van der Waals surface area contributed by atoms with Crippen LogP contribution < -0.4 is 5.73 Å². The molecular formula is C13H15ClN2O. The Hall–Kier alpha value is -1.48. The third-order valence-electron chi connectivity index (χ3n) is 2.92. The molecule has 1 heterocycles. The fourth-order valence-corrected chi connectivity index (χ4v) is 1.96. The van der Waals surface area contributed by atoms with Crippen LogP contribution in [0.4, 0.5) is 5.82 Å². The van der Waals surface area contributed by atoms with Gasteiger partial charge in [-0.2, -0.15) is 0 Å². The van der Waals surface area contributed by atoms with Gasteiger partial charge >= 0.3 is 0 Å². The fraction of sp³-hybridized carbons (Fsp3) is 0.308. The molecule has 2 N–H and O–H groups in total. The van der Waals surface area contributed by atoms with Gasteiger partial charge in [0.15, 0.2) is 5.82 Å². The van der Waals surface area contributed by atoms with E-state index in [-0.39, 0.29) is 5.92 Å². The molecule has 4 heteroatoms. The Kier molecular flexibility index (Phi) is 3.38. The zero-order valence-electron chi connectivity index (χ0n) is 9.90. The van der Waals surface area contributed by atoms with Crippen LogP contribution in [0.25, 0.3) is 11.1 Å². The van der Waals surface area contributed by atoms with Crippen molar-refractivity contribution in [2.75, 3.05) is 5.73 Å². The summed E-state index contributed by atoms with van der Waals surface area (Å²) in [4.78, 5) is 0. The van der Waals surface area contributed by atoms with Crippen molar-refractivity contribution in [2.24, 2.45) is 0 Å². The first-order valence-corrected chi connectivity index (χ1v) is 6.02. The highest BCUT2D eigenvalue weighted by Gasteiger charge is 2.20. The van der Waals surface area contributed by atoms with Crippen LogP contribution in [0.1, 0.15) is 31.9 Å². The number of rotatable bonds is 3. The molecule has 0 fully saturated rings. The minimum absolute atomic E-state index is 0.286. The van der Waals surface area contributed by atoms with E-state index in [1.165, 1.54) is 0 Å². The average molecular weight is 251 g/mol. The van der Waals surface area contributed by atoms with Gasteiger partial charge in [-0.15, -0.1) is 0 Å². The van der Waals surface area contributed by atoms with Crippen LogP contribution in [-0.2, 0) is 0 Å². The maximum Gasteiger partial charge on any atom is 0.175 e. The summed E-state index contributed by atoms with van der Waals surface area (Å²) in [6.07, 6.45) is 0.974. The van der Waals surface area contributed by atoms with E-state index in [2.05, 4.69) is 19.0 Å². The summed E-state index contributed by atoms with van der Waals surface area (Å²) in [6.45, 7) is 4.19.